The number of carbonyl (C=O) groups excluding carboxylic acids is 1. The summed E-state index contributed by atoms with van der Waals surface area (Å²) in [6.07, 6.45) is 1.59. The minimum atomic E-state index is -0.220. The molecular weight excluding hydrogens is 322 g/mol. The highest BCUT2D eigenvalue weighted by Gasteiger charge is 2.19. The Hall–Kier alpha value is -3.12. The van der Waals surface area contributed by atoms with Crippen LogP contribution in [0.1, 0.15) is 10.5 Å². The Kier molecular flexibility index (Phi) is 3.72. The third-order valence-corrected chi connectivity index (χ3v) is 4.18. The van der Waals surface area contributed by atoms with E-state index >= 15 is 0 Å². The lowest BCUT2D eigenvalue weighted by molar-refractivity contribution is 0.101. The molecule has 0 unspecified atom stereocenters. The number of hydrogen-bond donors (Lipinski definition) is 1. The van der Waals surface area contributed by atoms with Crippen LogP contribution in [0.5, 0.6) is 0 Å². The molecule has 3 aromatic heterocycles. The number of hydrogen-bond acceptors (Lipinski definition) is 4. The number of carbonyl (C=O) groups is 1. The van der Waals surface area contributed by atoms with E-state index in [1.807, 2.05) is 53.2 Å². The van der Waals surface area contributed by atoms with Gasteiger partial charge < -0.3 is 9.73 Å². The summed E-state index contributed by atoms with van der Waals surface area (Å²) in [5.41, 5.74) is 2.63. The van der Waals surface area contributed by atoms with Crippen LogP contribution in [-0.2, 0) is 0 Å². The van der Waals surface area contributed by atoms with E-state index in [-0.39, 0.29) is 5.91 Å². The first-order chi connectivity index (χ1) is 11.8. The maximum absolute atomic E-state index is 12.7. The van der Waals surface area contributed by atoms with Crippen molar-refractivity contribution in [1.29, 1.82) is 0 Å². The molecule has 4 aromatic rings. The number of benzene rings is 1. The van der Waals surface area contributed by atoms with Crippen LogP contribution in [0.15, 0.2) is 76.0 Å². The van der Waals surface area contributed by atoms with Gasteiger partial charge in [-0.05, 0) is 35.7 Å². The number of amides is 1. The fourth-order valence-corrected chi connectivity index (χ4v) is 2.97. The number of thiophene rings is 1. The lowest BCUT2D eigenvalue weighted by Crippen LogP contribution is -2.16. The van der Waals surface area contributed by atoms with E-state index in [4.69, 9.17) is 4.42 Å². The zero-order valence-corrected chi connectivity index (χ0v) is 13.4. The molecular formula is C18H13N3O2S. The molecule has 0 spiro atoms. The Labute approximate surface area is 142 Å². The number of anilines is 1. The molecule has 3 heterocycles. The Morgan fingerprint density at radius 2 is 2.00 bits per heavy atom. The monoisotopic (exact) mass is 335 g/mol. The SMILES string of the molecule is O=C(Nc1ccsc1)c1cc(-c2ccco2)nn1-c1ccccc1. The molecule has 118 valence electrons. The maximum atomic E-state index is 12.7. The largest absolute Gasteiger partial charge is 0.463 e. The summed E-state index contributed by atoms with van der Waals surface area (Å²) in [5.74, 6) is 0.400. The number of furan rings is 1. The fourth-order valence-electron chi connectivity index (χ4n) is 2.38. The Morgan fingerprint density at radius 3 is 2.71 bits per heavy atom. The maximum Gasteiger partial charge on any atom is 0.274 e. The molecule has 1 amide bonds. The molecule has 1 aromatic carbocycles. The topological polar surface area (TPSA) is 60.1 Å². The second-order valence-electron chi connectivity index (χ2n) is 5.11. The number of rotatable bonds is 4. The summed E-state index contributed by atoms with van der Waals surface area (Å²) in [7, 11) is 0. The van der Waals surface area contributed by atoms with Gasteiger partial charge in [-0.25, -0.2) is 4.68 Å². The summed E-state index contributed by atoms with van der Waals surface area (Å²) in [6, 6.07) is 16.7. The molecule has 0 fully saturated rings. The van der Waals surface area contributed by atoms with Crippen molar-refractivity contribution in [1.82, 2.24) is 9.78 Å². The van der Waals surface area contributed by atoms with Crippen LogP contribution in [0.4, 0.5) is 5.69 Å². The predicted molar refractivity (Wildman–Crippen MR) is 93.5 cm³/mol. The van der Waals surface area contributed by atoms with Crippen molar-refractivity contribution in [2.75, 3.05) is 5.32 Å². The molecule has 5 nitrogen and oxygen atoms in total. The minimum absolute atomic E-state index is 0.220. The van der Waals surface area contributed by atoms with Gasteiger partial charge >= 0.3 is 0 Å². The molecule has 0 aliphatic rings. The number of nitrogens with zero attached hydrogens (tertiary/aromatic N) is 2. The highest BCUT2D eigenvalue weighted by Crippen LogP contribution is 2.23. The third kappa shape index (κ3) is 2.75. The van der Waals surface area contributed by atoms with Gasteiger partial charge in [0.25, 0.3) is 5.91 Å². The number of nitrogens with one attached hydrogen (secondary N) is 1. The zero-order valence-electron chi connectivity index (χ0n) is 12.5. The van der Waals surface area contributed by atoms with Crippen molar-refractivity contribution in [3.05, 3.63) is 77.3 Å². The van der Waals surface area contributed by atoms with Gasteiger partial charge in [0.15, 0.2) is 5.76 Å². The van der Waals surface area contributed by atoms with Gasteiger partial charge in [0.2, 0.25) is 0 Å². The molecule has 0 radical (unpaired) electrons. The Bertz CT molecular complexity index is 942. The van der Waals surface area contributed by atoms with Crippen LogP contribution >= 0.6 is 11.3 Å². The van der Waals surface area contributed by atoms with Gasteiger partial charge in [0, 0.05) is 11.4 Å². The lowest BCUT2D eigenvalue weighted by Gasteiger charge is -2.07. The van der Waals surface area contributed by atoms with E-state index in [0.717, 1.165) is 11.4 Å². The van der Waals surface area contributed by atoms with E-state index in [2.05, 4.69) is 10.4 Å². The normalized spacial score (nSPS) is 10.7. The molecule has 4 rings (SSSR count). The summed E-state index contributed by atoms with van der Waals surface area (Å²) >= 11 is 1.53. The van der Waals surface area contributed by atoms with Crippen molar-refractivity contribution < 1.29 is 9.21 Å². The van der Waals surface area contributed by atoms with Crippen LogP contribution in [-0.4, -0.2) is 15.7 Å². The van der Waals surface area contributed by atoms with E-state index in [0.29, 0.717) is 17.1 Å². The zero-order chi connectivity index (χ0) is 16.4. The van der Waals surface area contributed by atoms with Crippen molar-refractivity contribution in [3.63, 3.8) is 0 Å². The van der Waals surface area contributed by atoms with E-state index in [9.17, 15) is 4.79 Å². The highest BCUT2D eigenvalue weighted by atomic mass is 32.1. The van der Waals surface area contributed by atoms with Gasteiger partial charge in [-0.1, -0.05) is 18.2 Å². The Morgan fingerprint density at radius 1 is 1.12 bits per heavy atom. The molecule has 0 aliphatic heterocycles. The van der Waals surface area contributed by atoms with E-state index in [1.165, 1.54) is 11.3 Å². The molecule has 0 atom stereocenters. The average Bonchev–Trinajstić information content (AvgIpc) is 3.36. The molecule has 6 heteroatoms. The summed E-state index contributed by atoms with van der Waals surface area (Å²) < 4.78 is 7.03. The smallest absolute Gasteiger partial charge is 0.274 e. The lowest BCUT2D eigenvalue weighted by atomic mass is 10.2. The quantitative estimate of drug-likeness (QED) is 0.599. The van der Waals surface area contributed by atoms with Crippen LogP contribution < -0.4 is 5.32 Å². The summed E-state index contributed by atoms with van der Waals surface area (Å²) in [5, 5.41) is 11.2. The highest BCUT2D eigenvalue weighted by molar-refractivity contribution is 7.08. The molecule has 0 bridgehead atoms. The summed E-state index contributed by atoms with van der Waals surface area (Å²) in [6.45, 7) is 0. The van der Waals surface area contributed by atoms with Crippen molar-refractivity contribution >= 4 is 22.9 Å². The minimum Gasteiger partial charge on any atom is -0.463 e. The average molecular weight is 335 g/mol. The first-order valence-corrected chi connectivity index (χ1v) is 8.28. The third-order valence-electron chi connectivity index (χ3n) is 3.50. The Balaban J connectivity index is 1.77. The van der Waals surface area contributed by atoms with E-state index in [1.54, 1.807) is 23.1 Å². The number of para-hydroxylation sites is 1. The molecule has 0 aliphatic carbocycles. The van der Waals surface area contributed by atoms with Crippen LogP contribution in [0.2, 0.25) is 0 Å². The van der Waals surface area contributed by atoms with E-state index < -0.39 is 0 Å². The van der Waals surface area contributed by atoms with Gasteiger partial charge in [-0.3, -0.25) is 4.79 Å². The standard InChI is InChI=1S/C18H13N3O2S/c22-18(19-13-8-10-24-12-13)16-11-15(17-7-4-9-23-17)20-21(16)14-5-2-1-3-6-14/h1-12H,(H,19,22). The molecule has 24 heavy (non-hydrogen) atoms. The van der Waals surface area contributed by atoms with Crippen molar-refractivity contribution in [3.8, 4) is 17.1 Å². The van der Waals surface area contributed by atoms with Gasteiger partial charge in [-0.15, -0.1) is 0 Å². The van der Waals surface area contributed by atoms with Crippen molar-refractivity contribution in [2.45, 2.75) is 0 Å². The van der Waals surface area contributed by atoms with Crippen LogP contribution in [0.25, 0.3) is 17.1 Å². The van der Waals surface area contributed by atoms with Gasteiger partial charge in [0.05, 0.1) is 17.6 Å². The fraction of sp³-hybridized carbons (Fsp3) is 0. The number of aromatic nitrogens is 2. The predicted octanol–water partition coefficient (Wildman–Crippen LogP) is 4.45. The van der Waals surface area contributed by atoms with Crippen molar-refractivity contribution in [2.24, 2.45) is 0 Å². The first kappa shape index (κ1) is 14.5. The van der Waals surface area contributed by atoms with Gasteiger partial charge in [0.1, 0.15) is 11.4 Å². The van der Waals surface area contributed by atoms with Crippen LogP contribution in [0.3, 0.4) is 0 Å². The second kappa shape index (κ2) is 6.17. The van der Waals surface area contributed by atoms with Gasteiger partial charge in [-0.2, -0.15) is 16.4 Å². The molecule has 0 saturated carbocycles. The first-order valence-electron chi connectivity index (χ1n) is 7.34. The molecule has 1 N–H and O–H groups in total. The second-order valence-corrected chi connectivity index (χ2v) is 5.89. The summed E-state index contributed by atoms with van der Waals surface area (Å²) in [4.78, 5) is 12.7. The van der Waals surface area contributed by atoms with Crippen LogP contribution in [0, 0.1) is 0 Å². The molecule has 0 saturated heterocycles.